The highest BCUT2D eigenvalue weighted by Gasteiger charge is 2.35. The van der Waals surface area contributed by atoms with E-state index in [0.717, 1.165) is 0 Å². The number of rotatable bonds is 8. The number of carbonyl (C=O) groups is 3. The van der Waals surface area contributed by atoms with Gasteiger partial charge in [-0.15, -0.1) is 0 Å². The lowest BCUT2D eigenvalue weighted by Gasteiger charge is -2.24. The first-order chi connectivity index (χ1) is 8.16. The minimum Gasteiger partial charge on any atom is -0.343 e. The van der Waals surface area contributed by atoms with Gasteiger partial charge in [-0.1, -0.05) is 0 Å². The highest BCUT2D eigenvalue weighted by atomic mass is 16.7. The minimum atomic E-state index is -1.30. The molecule has 0 aliphatic carbocycles. The van der Waals surface area contributed by atoms with Crippen molar-refractivity contribution in [2.45, 2.75) is 60.0 Å². The first-order valence-corrected chi connectivity index (χ1v) is 6.02. The number of hydrogen-bond acceptors (Lipinski definition) is 5. The third kappa shape index (κ3) is 5.51. The fourth-order valence-corrected chi connectivity index (χ4v) is 1.48. The van der Waals surface area contributed by atoms with E-state index in [-0.39, 0.29) is 12.2 Å². The molecule has 0 atom stereocenters. The van der Waals surface area contributed by atoms with Crippen molar-refractivity contribution in [3.63, 3.8) is 0 Å². The molecule has 0 aromatic rings. The van der Waals surface area contributed by atoms with Gasteiger partial charge in [0.1, 0.15) is 17.5 Å². The second-order valence-corrected chi connectivity index (χ2v) is 4.76. The zero-order chi connectivity index (χ0) is 14.5. The first kappa shape index (κ1) is 16.9. The van der Waals surface area contributed by atoms with E-state index in [1.54, 1.807) is 27.7 Å². The summed E-state index contributed by atoms with van der Waals surface area (Å²) in [5, 5.41) is 0. The van der Waals surface area contributed by atoms with Crippen LogP contribution < -0.4 is 0 Å². The Hall–Kier alpha value is -1.07. The van der Waals surface area contributed by atoms with E-state index < -0.39 is 29.6 Å². The lowest BCUT2D eigenvalue weighted by atomic mass is 9.95. The van der Waals surface area contributed by atoms with Crippen LogP contribution in [0.2, 0.25) is 0 Å². The summed E-state index contributed by atoms with van der Waals surface area (Å²) in [6.07, 6.45) is -1.66. The van der Waals surface area contributed by atoms with Crippen LogP contribution >= 0.6 is 0 Å². The molecular weight excluding hydrogens is 236 g/mol. The highest BCUT2D eigenvalue weighted by Crippen LogP contribution is 2.13. The van der Waals surface area contributed by atoms with Crippen molar-refractivity contribution >= 4 is 17.3 Å². The van der Waals surface area contributed by atoms with E-state index in [0.29, 0.717) is 0 Å². The number of ether oxygens (including phenoxy) is 2. The smallest absolute Gasteiger partial charge is 0.219 e. The molecule has 0 aliphatic heterocycles. The summed E-state index contributed by atoms with van der Waals surface area (Å²) in [6, 6.07) is 0. The Morgan fingerprint density at radius 3 is 1.33 bits per heavy atom. The number of hydrogen-bond donors (Lipinski definition) is 0. The fourth-order valence-electron chi connectivity index (χ4n) is 1.48. The van der Waals surface area contributed by atoms with Crippen molar-refractivity contribution in [1.82, 2.24) is 0 Å². The van der Waals surface area contributed by atoms with E-state index in [1.165, 1.54) is 13.8 Å². The number of Topliss-reactive ketones (excluding diaryl/α,β-unsaturated/α-hetero) is 3. The molecule has 0 unspecified atom stereocenters. The van der Waals surface area contributed by atoms with Gasteiger partial charge in [0, 0.05) is 0 Å². The molecule has 0 rings (SSSR count). The molecule has 0 N–H and O–H groups in total. The Morgan fingerprint density at radius 2 is 1.11 bits per heavy atom. The van der Waals surface area contributed by atoms with Crippen LogP contribution in [0.3, 0.4) is 0 Å². The lowest BCUT2D eigenvalue weighted by molar-refractivity contribution is -0.193. The molecule has 0 aromatic heterocycles. The van der Waals surface area contributed by atoms with Gasteiger partial charge >= 0.3 is 0 Å². The fraction of sp³-hybridized carbons (Fsp3) is 0.769. The van der Waals surface area contributed by atoms with Gasteiger partial charge in [0.05, 0.1) is 12.2 Å². The monoisotopic (exact) mass is 258 g/mol. The van der Waals surface area contributed by atoms with E-state index in [2.05, 4.69) is 0 Å². The third-order valence-corrected chi connectivity index (χ3v) is 2.12. The van der Waals surface area contributed by atoms with Gasteiger partial charge in [0.15, 0.2) is 0 Å². The molecule has 0 aliphatic rings. The largest absolute Gasteiger partial charge is 0.343 e. The van der Waals surface area contributed by atoms with Crippen molar-refractivity contribution < 1.29 is 23.9 Å². The predicted molar refractivity (Wildman–Crippen MR) is 66.1 cm³/mol. The molecule has 0 aromatic carbocycles. The number of ketones is 3. The molecule has 0 saturated carbocycles. The molecule has 104 valence electrons. The Balaban J connectivity index is 5.02. The predicted octanol–water partition coefficient (Wildman–Crippen LogP) is 1.53. The van der Waals surface area contributed by atoms with E-state index >= 15 is 0 Å². The van der Waals surface area contributed by atoms with Crippen LogP contribution in [0.25, 0.3) is 0 Å². The Labute approximate surface area is 108 Å². The number of carbonyl (C=O) groups excluding carboxylic acids is 3. The SMILES string of the molecule is CC(=O)C(C(C)=O)C(=O)C(OC(C)C)OC(C)C. The maximum Gasteiger partial charge on any atom is 0.219 e. The van der Waals surface area contributed by atoms with Crippen molar-refractivity contribution in [2.75, 3.05) is 0 Å². The van der Waals surface area contributed by atoms with Gasteiger partial charge in [0.2, 0.25) is 12.1 Å². The third-order valence-electron chi connectivity index (χ3n) is 2.12. The van der Waals surface area contributed by atoms with Crippen LogP contribution in [0.4, 0.5) is 0 Å². The zero-order valence-corrected chi connectivity index (χ0v) is 11.9. The van der Waals surface area contributed by atoms with Crippen molar-refractivity contribution in [3.05, 3.63) is 0 Å². The molecule has 0 fully saturated rings. The zero-order valence-electron chi connectivity index (χ0n) is 11.9. The second-order valence-electron chi connectivity index (χ2n) is 4.76. The van der Waals surface area contributed by atoms with E-state index in [4.69, 9.17) is 9.47 Å². The van der Waals surface area contributed by atoms with Crippen molar-refractivity contribution in [3.8, 4) is 0 Å². The van der Waals surface area contributed by atoms with Crippen LogP contribution in [0.1, 0.15) is 41.5 Å². The Kier molecular flexibility index (Phi) is 6.94. The molecule has 0 amide bonds. The quantitative estimate of drug-likeness (QED) is 0.487. The molecular formula is C13H22O5. The molecule has 0 heterocycles. The standard InChI is InChI=1S/C13H22O5/c1-7(2)17-13(18-8(3)4)12(16)11(9(5)14)10(6)15/h7-8,11,13H,1-6H3. The normalized spacial score (nSPS) is 11.7. The van der Waals surface area contributed by atoms with Crippen LogP contribution in [0.5, 0.6) is 0 Å². The van der Waals surface area contributed by atoms with Crippen molar-refractivity contribution in [2.24, 2.45) is 5.92 Å². The molecule has 18 heavy (non-hydrogen) atoms. The Morgan fingerprint density at radius 1 is 0.778 bits per heavy atom. The summed E-state index contributed by atoms with van der Waals surface area (Å²) < 4.78 is 10.7. The lowest BCUT2D eigenvalue weighted by Crippen LogP contribution is -2.41. The first-order valence-electron chi connectivity index (χ1n) is 6.02. The summed E-state index contributed by atoms with van der Waals surface area (Å²) in [7, 11) is 0. The average Bonchev–Trinajstić information content (AvgIpc) is 2.13. The average molecular weight is 258 g/mol. The molecule has 0 bridgehead atoms. The second kappa shape index (κ2) is 7.38. The van der Waals surface area contributed by atoms with Gasteiger partial charge in [-0.05, 0) is 41.5 Å². The molecule has 0 saturated heterocycles. The summed E-state index contributed by atoms with van der Waals surface area (Å²) in [4.78, 5) is 34.8. The van der Waals surface area contributed by atoms with Crippen LogP contribution in [-0.2, 0) is 23.9 Å². The van der Waals surface area contributed by atoms with Crippen molar-refractivity contribution in [1.29, 1.82) is 0 Å². The summed E-state index contributed by atoms with van der Waals surface area (Å²) >= 11 is 0. The molecule has 5 nitrogen and oxygen atoms in total. The molecule has 0 radical (unpaired) electrons. The molecule has 0 spiro atoms. The van der Waals surface area contributed by atoms with Gasteiger partial charge in [0.25, 0.3) is 0 Å². The van der Waals surface area contributed by atoms with Crippen LogP contribution in [0.15, 0.2) is 0 Å². The van der Waals surface area contributed by atoms with E-state index in [9.17, 15) is 14.4 Å². The topological polar surface area (TPSA) is 69.7 Å². The van der Waals surface area contributed by atoms with Gasteiger partial charge in [-0.25, -0.2) is 0 Å². The van der Waals surface area contributed by atoms with Gasteiger partial charge < -0.3 is 9.47 Å². The van der Waals surface area contributed by atoms with Crippen LogP contribution in [0, 0.1) is 5.92 Å². The minimum absolute atomic E-state index is 0.239. The van der Waals surface area contributed by atoms with Gasteiger partial charge in [-0.3, -0.25) is 14.4 Å². The van der Waals surface area contributed by atoms with E-state index in [1.807, 2.05) is 0 Å². The maximum absolute atomic E-state index is 12.1. The Bertz CT molecular complexity index is 295. The maximum atomic E-state index is 12.1. The van der Waals surface area contributed by atoms with Crippen LogP contribution in [-0.4, -0.2) is 35.8 Å². The summed E-state index contributed by atoms with van der Waals surface area (Å²) in [5.41, 5.74) is 0. The molecule has 5 heteroatoms. The summed E-state index contributed by atoms with van der Waals surface area (Å²) in [6.45, 7) is 9.43. The van der Waals surface area contributed by atoms with Gasteiger partial charge in [-0.2, -0.15) is 0 Å². The highest BCUT2D eigenvalue weighted by molar-refractivity contribution is 6.18. The summed E-state index contributed by atoms with van der Waals surface area (Å²) in [5.74, 6) is -2.90.